The first-order valence-corrected chi connectivity index (χ1v) is 12.7. The summed E-state index contributed by atoms with van der Waals surface area (Å²) in [7, 11) is 0. The summed E-state index contributed by atoms with van der Waals surface area (Å²) >= 11 is 0. The Morgan fingerprint density at radius 1 is 0.370 bits per heavy atom. The Labute approximate surface area is 173 Å². The number of hydrogen-bond donors (Lipinski definition) is 0. The maximum atomic E-state index is 5.76. The van der Waals surface area contributed by atoms with Gasteiger partial charge in [-0.2, -0.15) is 0 Å². The van der Waals surface area contributed by atoms with E-state index in [9.17, 15) is 0 Å². The molecule has 27 heavy (non-hydrogen) atoms. The molecule has 0 aromatic heterocycles. The fraction of sp³-hybridized carbons (Fsp3) is 1.00. The van der Waals surface area contributed by atoms with Gasteiger partial charge in [0, 0.05) is 13.2 Å². The zero-order valence-corrected chi connectivity index (χ0v) is 19.7. The summed E-state index contributed by atoms with van der Waals surface area (Å²) in [4.78, 5) is 0. The molecule has 0 aliphatic heterocycles. The van der Waals surface area contributed by atoms with E-state index < -0.39 is 0 Å². The van der Waals surface area contributed by atoms with Gasteiger partial charge < -0.3 is 4.74 Å². The maximum absolute atomic E-state index is 5.76. The van der Waals surface area contributed by atoms with Crippen LogP contribution in [0.2, 0.25) is 0 Å². The average Bonchev–Trinajstić information content (AvgIpc) is 2.62. The summed E-state index contributed by atoms with van der Waals surface area (Å²) in [5.41, 5.74) is 0. The Balaban J connectivity index is 2.99. The minimum absolute atomic E-state index is 0.857. The van der Waals surface area contributed by atoms with E-state index >= 15 is 0 Å². The van der Waals surface area contributed by atoms with Gasteiger partial charge in [0.2, 0.25) is 0 Å². The standard InChI is InChI=1S/C26H54O/c1-25(2)21-17-14-12-10-8-6-5-7-9-11-13-15-19-23-27-24-20-16-18-22-26(3)4/h25-26H,5-24H2,1-4H3. The Morgan fingerprint density at radius 3 is 0.963 bits per heavy atom. The molecule has 0 aliphatic carbocycles. The van der Waals surface area contributed by atoms with E-state index in [1.54, 1.807) is 0 Å². The molecule has 0 aromatic rings. The molecule has 0 saturated heterocycles. The topological polar surface area (TPSA) is 9.23 Å². The van der Waals surface area contributed by atoms with Gasteiger partial charge >= 0.3 is 0 Å². The molecule has 1 heteroatoms. The minimum Gasteiger partial charge on any atom is -0.381 e. The van der Waals surface area contributed by atoms with Gasteiger partial charge in [-0.05, 0) is 24.7 Å². The van der Waals surface area contributed by atoms with E-state index in [1.165, 1.54) is 116 Å². The summed E-state index contributed by atoms with van der Waals surface area (Å²) in [5.74, 6) is 1.75. The Kier molecular flexibility index (Phi) is 22.2. The molecule has 0 amide bonds. The van der Waals surface area contributed by atoms with Gasteiger partial charge in [0.15, 0.2) is 0 Å². The molecule has 0 atom stereocenters. The lowest BCUT2D eigenvalue weighted by atomic mass is 10.0. The zero-order valence-electron chi connectivity index (χ0n) is 19.7. The predicted octanol–water partition coefficient (Wildman–Crippen LogP) is 9.34. The molecule has 0 saturated carbocycles. The van der Waals surface area contributed by atoms with Gasteiger partial charge in [-0.25, -0.2) is 0 Å². The van der Waals surface area contributed by atoms with Crippen LogP contribution in [0.1, 0.15) is 143 Å². The summed E-state index contributed by atoms with van der Waals surface area (Å²) < 4.78 is 5.76. The first-order valence-electron chi connectivity index (χ1n) is 12.7. The lowest BCUT2D eigenvalue weighted by Crippen LogP contribution is -1.97. The van der Waals surface area contributed by atoms with Crippen LogP contribution < -0.4 is 0 Å². The van der Waals surface area contributed by atoms with Crippen molar-refractivity contribution < 1.29 is 4.74 Å². The Hall–Kier alpha value is -0.0400. The second-order valence-corrected chi connectivity index (χ2v) is 9.63. The van der Waals surface area contributed by atoms with Gasteiger partial charge in [-0.1, -0.05) is 130 Å². The second-order valence-electron chi connectivity index (χ2n) is 9.63. The zero-order chi connectivity index (χ0) is 20.0. The molecule has 0 radical (unpaired) electrons. The molecule has 0 spiro atoms. The molecule has 1 nitrogen and oxygen atoms in total. The van der Waals surface area contributed by atoms with Crippen LogP contribution in [-0.4, -0.2) is 13.2 Å². The highest BCUT2D eigenvalue weighted by molar-refractivity contribution is 4.51. The maximum Gasteiger partial charge on any atom is 0.0466 e. The number of unbranched alkanes of at least 4 members (excludes halogenated alkanes) is 14. The molecular formula is C26H54O. The Morgan fingerprint density at radius 2 is 0.630 bits per heavy atom. The van der Waals surface area contributed by atoms with Crippen molar-refractivity contribution in [1.82, 2.24) is 0 Å². The van der Waals surface area contributed by atoms with Crippen LogP contribution in [0.4, 0.5) is 0 Å². The van der Waals surface area contributed by atoms with E-state index in [0.29, 0.717) is 0 Å². The molecule has 0 aliphatic rings. The monoisotopic (exact) mass is 382 g/mol. The van der Waals surface area contributed by atoms with Gasteiger partial charge in [0.1, 0.15) is 0 Å². The molecule has 0 bridgehead atoms. The highest BCUT2D eigenvalue weighted by atomic mass is 16.5. The van der Waals surface area contributed by atoms with Crippen molar-refractivity contribution >= 4 is 0 Å². The third-order valence-corrected chi connectivity index (χ3v) is 5.64. The highest BCUT2D eigenvalue weighted by Crippen LogP contribution is 2.14. The normalized spacial score (nSPS) is 11.8. The van der Waals surface area contributed by atoms with Crippen molar-refractivity contribution in [2.45, 2.75) is 143 Å². The Bertz CT molecular complexity index is 233. The first kappa shape index (κ1) is 27.0. The van der Waals surface area contributed by atoms with Crippen molar-refractivity contribution in [3.05, 3.63) is 0 Å². The molecule has 0 heterocycles. The predicted molar refractivity (Wildman–Crippen MR) is 124 cm³/mol. The molecule has 0 N–H and O–H groups in total. The molecular weight excluding hydrogens is 328 g/mol. The third-order valence-electron chi connectivity index (χ3n) is 5.64. The highest BCUT2D eigenvalue weighted by Gasteiger charge is 1.97. The van der Waals surface area contributed by atoms with Crippen molar-refractivity contribution in [3.8, 4) is 0 Å². The lowest BCUT2D eigenvalue weighted by Gasteiger charge is -2.06. The largest absolute Gasteiger partial charge is 0.381 e. The van der Waals surface area contributed by atoms with Crippen molar-refractivity contribution in [1.29, 1.82) is 0 Å². The first-order chi connectivity index (χ1) is 13.1. The summed E-state index contributed by atoms with van der Waals surface area (Å²) in [5, 5.41) is 0. The SMILES string of the molecule is CC(C)CCCCCCCCCCCCCCCOCCCCCC(C)C. The van der Waals surface area contributed by atoms with Gasteiger partial charge in [-0.15, -0.1) is 0 Å². The van der Waals surface area contributed by atoms with Crippen LogP contribution in [0.25, 0.3) is 0 Å². The fourth-order valence-corrected chi connectivity index (χ4v) is 3.74. The van der Waals surface area contributed by atoms with Crippen LogP contribution in [0.15, 0.2) is 0 Å². The number of rotatable bonds is 22. The van der Waals surface area contributed by atoms with Crippen LogP contribution in [0, 0.1) is 11.8 Å². The fourth-order valence-electron chi connectivity index (χ4n) is 3.74. The molecule has 0 aromatic carbocycles. The smallest absolute Gasteiger partial charge is 0.0466 e. The number of ether oxygens (including phenoxy) is 1. The van der Waals surface area contributed by atoms with Gasteiger partial charge in [0.25, 0.3) is 0 Å². The van der Waals surface area contributed by atoms with Crippen molar-refractivity contribution in [2.75, 3.05) is 13.2 Å². The molecule has 164 valence electrons. The second kappa shape index (κ2) is 22.3. The summed E-state index contributed by atoms with van der Waals surface area (Å²) in [6, 6.07) is 0. The van der Waals surface area contributed by atoms with Crippen LogP contribution >= 0.6 is 0 Å². The quantitative estimate of drug-likeness (QED) is 0.169. The van der Waals surface area contributed by atoms with Crippen LogP contribution in [0.5, 0.6) is 0 Å². The van der Waals surface area contributed by atoms with Gasteiger partial charge in [0.05, 0.1) is 0 Å². The van der Waals surface area contributed by atoms with Crippen LogP contribution in [-0.2, 0) is 4.74 Å². The van der Waals surface area contributed by atoms with E-state index in [1.807, 2.05) is 0 Å². The minimum atomic E-state index is 0.857. The van der Waals surface area contributed by atoms with Gasteiger partial charge in [-0.3, -0.25) is 0 Å². The van der Waals surface area contributed by atoms with E-state index in [2.05, 4.69) is 27.7 Å². The van der Waals surface area contributed by atoms with Crippen LogP contribution in [0.3, 0.4) is 0 Å². The van der Waals surface area contributed by atoms with Crippen molar-refractivity contribution in [2.24, 2.45) is 11.8 Å². The summed E-state index contributed by atoms with van der Waals surface area (Å²) in [6.45, 7) is 11.3. The molecule has 0 rings (SSSR count). The summed E-state index contributed by atoms with van der Waals surface area (Å²) in [6.07, 6.45) is 25.4. The van der Waals surface area contributed by atoms with Crippen molar-refractivity contribution in [3.63, 3.8) is 0 Å². The third kappa shape index (κ3) is 26.0. The average molecular weight is 383 g/mol. The van der Waals surface area contributed by atoms with E-state index in [0.717, 1.165) is 25.0 Å². The lowest BCUT2D eigenvalue weighted by molar-refractivity contribution is 0.125. The van der Waals surface area contributed by atoms with E-state index in [-0.39, 0.29) is 0 Å². The van der Waals surface area contributed by atoms with E-state index in [4.69, 9.17) is 4.74 Å². The molecule has 0 unspecified atom stereocenters. The number of hydrogen-bond acceptors (Lipinski definition) is 1. The molecule has 0 fully saturated rings.